The summed E-state index contributed by atoms with van der Waals surface area (Å²) in [5.41, 5.74) is 5.61. The first-order chi connectivity index (χ1) is 9.63. The molecule has 0 unspecified atom stereocenters. The van der Waals surface area contributed by atoms with E-state index in [-0.39, 0.29) is 0 Å². The van der Waals surface area contributed by atoms with Gasteiger partial charge in [-0.3, -0.25) is 0 Å². The molecule has 0 radical (unpaired) electrons. The Labute approximate surface area is 122 Å². The van der Waals surface area contributed by atoms with Crippen molar-refractivity contribution in [3.8, 4) is 0 Å². The molecule has 3 rings (SSSR count). The minimum Gasteiger partial charge on any atom is -0.356 e. The highest BCUT2D eigenvalue weighted by molar-refractivity contribution is 5.99. The van der Waals surface area contributed by atoms with Gasteiger partial charge in [0.25, 0.3) is 0 Å². The Morgan fingerprint density at radius 2 is 1.90 bits per heavy atom. The van der Waals surface area contributed by atoms with Crippen LogP contribution in [0.1, 0.15) is 48.9 Å². The Bertz CT molecular complexity index is 656. The molecule has 1 heterocycles. The Kier molecular flexibility index (Phi) is 4.49. The number of aromatic nitrogens is 1. The fourth-order valence-electron chi connectivity index (χ4n) is 2.95. The Balaban J connectivity index is 0.000000452. The third-order valence-corrected chi connectivity index (χ3v) is 3.77. The average molecular weight is 267 g/mol. The normalized spacial score (nSPS) is 12.8. The number of nitrogens with zero attached hydrogens (tertiary/aromatic N) is 1. The Hall–Kier alpha value is -1.76. The predicted octanol–water partition coefficient (Wildman–Crippen LogP) is 5.51. The summed E-state index contributed by atoms with van der Waals surface area (Å²) < 4.78 is 2.14. The zero-order valence-corrected chi connectivity index (χ0v) is 13.2. The minimum atomic E-state index is 1.16. The lowest BCUT2D eigenvalue weighted by atomic mass is 9.87. The topological polar surface area (TPSA) is 4.93 Å². The van der Waals surface area contributed by atoms with E-state index in [1.165, 1.54) is 39.4 Å². The molecule has 2 aromatic rings. The predicted molar refractivity (Wildman–Crippen MR) is 91.1 cm³/mol. The van der Waals surface area contributed by atoms with Gasteiger partial charge in [0.05, 0.1) is 0 Å². The maximum Gasteiger partial charge on any atom is 0.0117 e. The molecule has 1 aromatic carbocycles. The van der Waals surface area contributed by atoms with Crippen molar-refractivity contribution in [1.29, 1.82) is 0 Å². The third-order valence-electron chi connectivity index (χ3n) is 3.77. The van der Waals surface area contributed by atoms with E-state index in [1.54, 1.807) is 0 Å². The number of aryl methyl sites for hydroxylation is 1. The van der Waals surface area contributed by atoms with Crippen LogP contribution in [0.2, 0.25) is 0 Å². The van der Waals surface area contributed by atoms with Crippen LogP contribution >= 0.6 is 0 Å². The Morgan fingerprint density at radius 1 is 1.25 bits per heavy atom. The van der Waals surface area contributed by atoms with Crippen LogP contribution in [-0.2, 0) is 13.5 Å². The van der Waals surface area contributed by atoms with Crippen LogP contribution in [0.15, 0.2) is 25.0 Å². The van der Waals surface area contributed by atoms with Crippen molar-refractivity contribution in [1.82, 2.24) is 4.57 Å². The van der Waals surface area contributed by atoms with Gasteiger partial charge in [-0.2, -0.15) is 0 Å². The van der Waals surface area contributed by atoms with Gasteiger partial charge in [-0.15, -0.1) is 0 Å². The zero-order chi connectivity index (χ0) is 14.7. The molecule has 0 atom stereocenters. The number of hydrogen-bond acceptors (Lipinski definition) is 0. The number of allylic oxidation sites excluding steroid dienone is 1. The number of benzene rings is 1. The highest BCUT2D eigenvalue weighted by Gasteiger charge is 2.16. The monoisotopic (exact) mass is 267 g/mol. The molecule has 20 heavy (non-hydrogen) atoms. The first-order valence-corrected chi connectivity index (χ1v) is 7.54. The largest absolute Gasteiger partial charge is 0.356 e. The van der Waals surface area contributed by atoms with Gasteiger partial charge in [-0.1, -0.05) is 45.1 Å². The fraction of sp³-hybridized carbons (Fsp3) is 0.368. The van der Waals surface area contributed by atoms with E-state index in [2.05, 4.69) is 63.5 Å². The highest BCUT2D eigenvalue weighted by Crippen LogP contribution is 2.35. The summed E-state index contributed by atoms with van der Waals surface area (Å²) in [6.07, 6.45) is 14.5. The van der Waals surface area contributed by atoms with Crippen molar-refractivity contribution in [2.24, 2.45) is 7.05 Å². The first kappa shape index (κ1) is 14.6. The average Bonchev–Trinajstić information content (AvgIpc) is 2.82. The van der Waals surface area contributed by atoms with E-state index in [9.17, 15) is 0 Å². The van der Waals surface area contributed by atoms with E-state index in [4.69, 9.17) is 0 Å². The van der Waals surface area contributed by atoms with E-state index >= 15 is 0 Å². The van der Waals surface area contributed by atoms with Crippen molar-refractivity contribution in [3.63, 3.8) is 0 Å². The van der Waals surface area contributed by atoms with Gasteiger partial charge in [0.15, 0.2) is 0 Å². The maximum absolute atomic E-state index is 3.97. The molecule has 1 heteroatoms. The molecule has 0 N–H and O–H groups in total. The van der Waals surface area contributed by atoms with Crippen molar-refractivity contribution in [3.05, 3.63) is 47.3 Å². The summed E-state index contributed by atoms with van der Waals surface area (Å²) in [4.78, 5) is 0. The standard InChI is InChI=1S/C16H17N.C3H8/c1-4-12-11(2)13-7-5-6-8-14(13)16-10-17(3)9-15(12)16;1-3-2/h4,6,8-10H,1,5,7H2,2-3H3;3H2,1-2H3. The lowest BCUT2D eigenvalue weighted by Gasteiger charge is -2.17. The summed E-state index contributed by atoms with van der Waals surface area (Å²) in [6.45, 7) is 10.4. The van der Waals surface area contributed by atoms with Crippen LogP contribution in [0.3, 0.4) is 0 Å². The molecular formula is C19H25N. The fourth-order valence-corrected chi connectivity index (χ4v) is 2.95. The van der Waals surface area contributed by atoms with Gasteiger partial charge in [0.1, 0.15) is 0 Å². The van der Waals surface area contributed by atoms with Crippen LogP contribution in [0.25, 0.3) is 22.9 Å². The number of rotatable bonds is 1. The maximum atomic E-state index is 3.97. The minimum absolute atomic E-state index is 1.16. The van der Waals surface area contributed by atoms with Gasteiger partial charge in [-0.05, 0) is 42.0 Å². The molecule has 1 aliphatic carbocycles. The molecule has 0 amide bonds. The lowest BCUT2D eigenvalue weighted by molar-refractivity contribution is 0.933. The molecule has 1 aliphatic rings. The second-order valence-electron chi connectivity index (χ2n) is 5.53. The second-order valence-corrected chi connectivity index (χ2v) is 5.53. The van der Waals surface area contributed by atoms with E-state index in [0.29, 0.717) is 0 Å². The van der Waals surface area contributed by atoms with Crippen LogP contribution in [0.5, 0.6) is 0 Å². The molecule has 106 valence electrons. The lowest BCUT2D eigenvalue weighted by Crippen LogP contribution is -2.00. The smallest absolute Gasteiger partial charge is 0.0117 e. The van der Waals surface area contributed by atoms with Crippen molar-refractivity contribution in [2.45, 2.75) is 40.0 Å². The van der Waals surface area contributed by atoms with E-state index < -0.39 is 0 Å². The summed E-state index contributed by atoms with van der Waals surface area (Å²) in [5.74, 6) is 0. The quantitative estimate of drug-likeness (QED) is 0.642. The van der Waals surface area contributed by atoms with E-state index in [1.807, 2.05) is 6.08 Å². The number of fused-ring (bicyclic) bond motifs is 3. The van der Waals surface area contributed by atoms with Gasteiger partial charge >= 0.3 is 0 Å². The second kappa shape index (κ2) is 6.13. The van der Waals surface area contributed by atoms with Crippen LogP contribution < -0.4 is 0 Å². The molecule has 0 aliphatic heterocycles. The molecule has 1 aromatic heterocycles. The van der Waals surface area contributed by atoms with Crippen LogP contribution in [0.4, 0.5) is 0 Å². The van der Waals surface area contributed by atoms with Crippen molar-refractivity contribution in [2.75, 3.05) is 0 Å². The molecular weight excluding hydrogens is 242 g/mol. The van der Waals surface area contributed by atoms with E-state index in [0.717, 1.165) is 12.8 Å². The first-order valence-electron chi connectivity index (χ1n) is 7.54. The SMILES string of the molecule is C=Cc1c(C)c2c(c3cn(C)cc13)C=CCC2.CCC. The number of hydrogen-bond donors (Lipinski definition) is 0. The van der Waals surface area contributed by atoms with Gasteiger partial charge in [-0.25, -0.2) is 0 Å². The van der Waals surface area contributed by atoms with Gasteiger partial charge < -0.3 is 4.57 Å². The van der Waals surface area contributed by atoms with Gasteiger partial charge in [0.2, 0.25) is 0 Å². The molecule has 0 fully saturated rings. The Morgan fingerprint density at radius 3 is 2.55 bits per heavy atom. The molecule has 1 nitrogen and oxygen atoms in total. The van der Waals surface area contributed by atoms with Crippen LogP contribution in [0, 0.1) is 6.92 Å². The molecule has 0 saturated carbocycles. The summed E-state index contributed by atoms with van der Waals surface area (Å²) in [7, 11) is 2.08. The van der Waals surface area contributed by atoms with Crippen molar-refractivity contribution < 1.29 is 0 Å². The van der Waals surface area contributed by atoms with Crippen molar-refractivity contribution >= 4 is 22.9 Å². The zero-order valence-electron chi connectivity index (χ0n) is 13.2. The summed E-state index contributed by atoms with van der Waals surface area (Å²) >= 11 is 0. The molecule has 0 spiro atoms. The summed E-state index contributed by atoms with van der Waals surface area (Å²) in [6, 6.07) is 0. The summed E-state index contributed by atoms with van der Waals surface area (Å²) in [5, 5.41) is 2.68. The molecule has 0 bridgehead atoms. The molecule has 0 saturated heterocycles. The third kappa shape index (κ3) is 2.45. The highest BCUT2D eigenvalue weighted by atomic mass is 14.9. The van der Waals surface area contributed by atoms with Crippen LogP contribution in [-0.4, -0.2) is 4.57 Å². The van der Waals surface area contributed by atoms with Gasteiger partial charge in [0, 0.05) is 30.2 Å².